The molecule has 2 aliphatic rings. The number of rotatable bonds is 3. The van der Waals surface area contributed by atoms with Crippen LogP contribution in [0.15, 0.2) is 48.5 Å². The summed E-state index contributed by atoms with van der Waals surface area (Å²) in [6.45, 7) is 2.01. The molecular formula is C19H19NO. The highest BCUT2D eigenvalue weighted by Crippen LogP contribution is 2.53. The summed E-state index contributed by atoms with van der Waals surface area (Å²) < 4.78 is 0. The molecule has 1 saturated carbocycles. The van der Waals surface area contributed by atoms with E-state index in [1.807, 2.05) is 6.92 Å². The first-order chi connectivity index (χ1) is 10.3. The van der Waals surface area contributed by atoms with E-state index in [2.05, 4.69) is 53.4 Å². The number of fused-ring (bicyclic) bond motifs is 3. The second kappa shape index (κ2) is 4.73. The molecule has 2 heteroatoms. The van der Waals surface area contributed by atoms with Crippen LogP contribution in [-0.2, 0) is 4.79 Å². The van der Waals surface area contributed by atoms with Crippen LogP contribution in [0.5, 0.6) is 0 Å². The molecule has 0 amide bonds. The van der Waals surface area contributed by atoms with E-state index >= 15 is 0 Å². The molecular weight excluding hydrogens is 258 g/mol. The van der Waals surface area contributed by atoms with Gasteiger partial charge < -0.3 is 9.69 Å². The Balaban J connectivity index is 1.97. The van der Waals surface area contributed by atoms with Crippen molar-refractivity contribution in [3.05, 3.63) is 54.1 Å². The van der Waals surface area contributed by atoms with Gasteiger partial charge in [-0.15, -0.1) is 0 Å². The Labute approximate surface area is 125 Å². The number of aldehydes is 1. The summed E-state index contributed by atoms with van der Waals surface area (Å²) >= 11 is 0. The van der Waals surface area contributed by atoms with Crippen LogP contribution < -0.4 is 4.90 Å². The van der Waals surface area contributed by atoms with Gasteiger partial charge in [-0.1, -0.05) is 42.5 Å². The zero-order chi connectivity index (χ0) is 14.4. The highest BCUT2D eigenvalue weighted by atomic mass is 16.1. The fraction of sp³-hybridized carbons (Fsp3) is 0.316. The van der Waals surface area contributed by atoms with Crippen molar-refractivity contribution in [3.63, 3.8) is 0 Å². The van der Waals surface area contributed by atoms with Gasteiger partial charge in [-0.05, 0) is 42.9 Å². The van der Waals surface area contributed by atoms with Crippen molar-refractivity contribution in [3.8, 4) is 11.1 Å². The van der Waals surface area contributed by atoms with Crippen LogP contribution in [0.2, 0.25) is 0 Å². The second-order valence-corrected chi connectivity index (χ2v) is 6.17. The van der Waals surface area contributed by atoms with Crippen molar-refractivity contribution < 1.29 is 4.79 Å². The Hall–Kier alpha value is -2.09. The maximum atomic E-state index is 11.5. The smallest absolute Gasteiger partial charge is 0.142 e. The third kappa shape index (κ3) is 1.90. The minimum atomic E-state index is -0.0925. The number of anilines is 1. The molecule has 0 radical (unpaired) electrons. The van der Waals surface area contributed by atoms with E-state index in [1.165, 1.54) is 35.2 Å². The number of benzene rings is 2. The second-order valence-electron chi connectivity index (χ2n) is 6.17. The van der Waals surface area contributed by atoms with Crippen molar-refractivity contribution in [2.45, 2.75) is 31.8 Å². The molecule has 2 aromatic rings. The minimum absolute atomic E-state index is 0.0925. The van der Waals surface area contributed by atoms with Crippen molar-refractivity contribution in [2.24, 2.45) is 5.92 Å². The van der Waals surface area contributed by atoms with Crippen LogP contribution in [0.3, 0.4) is 0 Å². The number of hydrogen-bond donors (Lipinski definition) is 0. The van der Waals surface area contributed by atoms with E-state index in [4.69, 9.17) is 0 Å². The molecule has 2 atom stereocenters. The Morgan fingerprint density at radius 2 is 1.71 bits per heavy atom. The van der Waals surface area contributed by atoms with Gasteiger partial charge in [0.15, 0.2) is 0 Å². The van der Waals surface area contributed by atoms with E-state index in [-0.39, 0.29) is 6.04 Å². The Morgan fingerprint density at radius 1 is 1.05 bits per heavy atom. The Kier molecular flexibility index (Phi) is 2.85. The van der Waals surface area contributed by atoms with Crippen molar-refractivity contribution in [2.75, 3.05) is 4.90 Å². The van der Waals surface area contributed by atoms with Crippen LogP contribution in [-0.4, -0.2) is 12.3 Å². The summed E-state index contributed by atoms with van der Waals surface area (Å²) in [6, 6.07) is 17.4. The molecule has 4 rings (SSSR count). The minimum Gasteiger partial charge on any atom is -0.354 e. The average Bonchev–Trinajstić information content (AvgIpc) is 3.37. The molecule has 2 aromatic carbocycles. The molecule has 2 unspecified atom stereocenters. The maximum Gasteiger partial charge on any atom is 0.142 e. The fourth-order valence-corrected chi connectivity index (χ4v) is 3.66. The molecule has 1 heterocycles. The van der Waals surface area contributed by atoms with Gasteiger partial charge in [-0.25, -0.2) is 0 Å². The molecule has 0 spiro atoms. The standard InChI is InChI=1S/C19H19NO/c1-13(12-21)20-18-9-5-4-7-16(18)15-6-2-3-8-17(15)19(20)14-10-11-14/h2-9,12-14,19H,10-11H2,1H3. The zero-order valence-electron chi connectivity index (χ0n) is 12.2. The summed E-state index contributed by atoms with van der Waals surface area (Å²) in [5, 5.41) is 0. The van der Waals surface area contributed by atoms with Gasteiger partial charge in [0.1, 0.15) is 6.29 Å². The number of carbonyl (C=O) groups excluding carboxylic acids is 1. The summed E-state index contributed by atoms with van der Waals surface area (Å²) in [4.78, 5) is 13.8. The van der Waals surface area contributed by atoms with Gasteiger partial charge in [0.05, 0.1) is 12.1 Å². The van der Waals surface area contributed by atoms with Crippen molar-refractivity contribution >= 4 is 12.0 Å². The fourth-order valence-electron chi connectivity index (χ4n) is 3.66. The molecule has 1 aliphatic heterocycles. The highest BCUT2D eigenvalue weighted by molar-refractivity contribution is 5.87. The number of carbonyl (C=O) groups is 1. The first kappa shape index (κ1) is 12.6. The number of hydrogen-bond acceptors (Lipinski definition) is 2. The lowest BCUT2D eigenvalue weighted by atomic mass is 9.85. The van der Waals surface area contributed by atoms with Crippen LogP contribution in [0.4, 0.5) is 5.69 Å². The van der Waals surface area contributed by atoms with Gasteiger partial charge in [-0.2, -0.15) is 0 Å². The lowest BCUT2D eigenvalue weighted by molar-refractivity contribution is -0.108. The molecule has 1 fully saturated rings. The molecule has 0 saturated heterocycles. The number of para-hydroxylation sites is 1. The molecule has 21 heavy (non-hydrogen) atoms. The van der Waals surface area contributed by atoms with Gasteiger partial charge >= 0.3 is 0 Å². The van der Waals surface area contributed by atoms with Gasteiger partial charge in [-0.3, -0.25) is 0 Å². The van der Waals surface area contributed by atoms with Crippen LogP contribution >= 0.6 is 0 Å². The maximum absolute atomic E-state index is 11.5. The Bertz CT molecular complexity index is 689. The van der Waals surface area contributed by atoms with E-state index in [9.17, 15) is 4.79 Å². The zero-order valence-corrected chi connectivity index (χ0v) is 12.2. The SMILES string of the molecule is CC(C=O)N1c2ccccc2-c2ccccc2C1C1CC1. The van der Waals surface area contributed by atoms with Crippen LogP contribution in [0, 0.1) is 5.92 Å². The van der Waals surface area contributed by atoms with Crippen LogP contribution in [0.25, 0.3) is 11.1 Å². The van der Waals surface area contributed by atoms with E-state index < -0.39 is 0 Å². The third-order valence-electron chi connectivity index (χ3n) is 4.76. The highest BCUT2D eigenvalue weighted by Gasteiger charge is 2.42. The predicted octanol–water partition coefficient (Wildman–Crippen LogP) is 4.21. The number of nitrogens with zero attached hydrogens (tertiary/aromatic N) is 1. The topological polar surface area (TPSA) is 20.3 Å². The molecule has 0 aromatic heterocycles. The monoisotopic (exact) mass is 277 g/mol. The van der Waals surface area contributed by atoms with Crippen LogP contribution in [0.1, 0.15) is 31.4 Å². The first-order valence-electron chi connectivity index (χ1n) is 7.73. The predicted molar refractivity (Wildman–Crippen MR) is 85.3 cm³/mol. The lowest BCUT2D eigenvalue weighted by Gasteiger charge is -2.42. The van der Waals surface area contributed by atoms with Gasteiger partial charge in [0.25, 0.3) is 0 Å². The van der Waals surface area contributed by atoms with Crippen molar-refractivity contribution in [1.29, 1.82) is 0 Å². The van der Waals surface area contributed by atoms with E-state index in [1.54, 1.807) is 0 Å². The first-order valence-corrected chi connectivity index (χ1v) is 7.73. The molecule has 1 aliphatic carbocycles. The van der Waals surface area contributed by atoms with E-state index in [0.29, 0.717) is 12.0 Å². The molecule has 106 valence electrons. The summed E-state index contributed by atoms with van der Waals surface area (Å²) in [7, 11) is 0. The molecule has 0 N–H and O–H groups in total. The Morgan fingerprint density at radius 3 is 2.43 bits per heavy atom. The van der Waals surface area contributed by atoms with E-state index in [0.717, 1.165) is 6.29 Å². The molecule has 0 bridgehead atoms. The largest absolute Gasteiger partial charge is 0.354 e. The molecule has 2 nitrogen and oxygen atoms in total. The average molecular weight is 277 g/mol. The van der Waals surface area contributed by atoms with Crippen molar-refractivity contribution in [1.82, 2.24) is 0 Å². The van der Waals surface area contributed by atoms with Gasteiger partial charge in [0, 0.05) is 11.3 Å². The third-order valence-corrected chi connectivity index (χ3v) is 4.76. The summed E-state index contributed by atoms with van der Waals surface area (Å²) in [5.74, 6) is 0.682. The summed E-state index contributed by atoms with van der Waals surface area (Å²) in [6.07, 6.45) is 3.60. The quantitative estimate of drug-likeness (QED) is 0.783. The lowest BCUT2D eigenvalue weighted by Crippen LogP contribution is -2.41. The van der Waals surface area contributed by atoms with Gasteiger partial charge in [0.2, 0.25) is 0 Å². The summed E-state index contributed by atoms with van der Waals surface area (Å²) in [5.41, 5.74) is 5.16. The normalized spacial score (nSPS) is 21.4.